The van der Waals surface area contributed by atoms with Crippen molar-refractivity contribution in [3.05, 3.63) is 35.9 Å². The number of rotatable bonds is 6. The zero-order chi connectivity index (χ0) is 20.4. The summed E-state index contributed by atoms with van der Waals surface area (Å²) in [4.78, 5) is 39.3. The number of ether oxygens (including phenoxy) is 1. The number of carbonyl (C=O) groups is 3. The molecule has 1 saturated heterocycles. The molecular formula is C22H26N2O4S. The molecule has 0 saturated carbocycles. The molecule has 2 heterocycles. The number of benzene rings is 1. The van der Waals surface area contributed by atoms with Crippen molar-refractivity contribution in [3.8, 4) is 0 Å². The molecule has 1 N–H and O–H groups in total. The van der Waals surface area contributed by atoms with Crippen LogP contribution in [0.25, 0.3) is 0 Å². The van der Waals surface area contributed by atoms with E-state index in [1.807, 2.05) is 24.3 Å². The number of amides is 2. The lowest BCUT2D eigenvalue weighted by atomic mass is 9.97. The van der Waals surface area contributed by atoms with E-state index in [9.17, 15) is 14.4 Å². The van der Waals surface area contributed by atoms with Crippen LogP contribution >= 0.6 is 11.8 Å². The molecule has 29 heavy (non-hydrogen) atoms. The number of fused-ring (bicyclic) bond motifs is 3. The molecule has 0 bridgehead atoms. The standard InChI is InChI=1S/C22H26N2O4S/c1-15(20(26)23-14-12-16-7-3-2-4-8-16)28-21(27)22-13-11-19(25)24(22)17-9-5-6-10-18(17)29-22/h5-7,9-10,15H,2-4,8,11-14H2,1H3,(H,23,26). The Morgan fingerprint density at radius 2 is 2.10 bits per heavy atom. The van der Waals surface area contributed by atoms with Gasteiger partial charge in [-0.25, -0.2) is 4.79 Å². The molecule has 4 rings (SSSR count). The van der Waals surface area contributed by atoms with Gasteiger partial charge in [0.1, 0.15) is 0 Å². The molecule has 1 aliphatic carbocycles. The van der Waals surface area contributed by atoms with Crippen LogP contribution in [0.15, 0.2) is 40.8 Å². The van der Waals surface area contributed by atoms with Gasteiger partial charge in [-0.15, -0.1) is 0 Å². The summed E-state index contributed by atoms with van der Waals surface area (Å²) in [5.41, 5.74) is 2.13. The van der Waals surface area contributed by atoms with Crippen LogP contribution in [0.1, 0.15) is 51.9 Å². The molecule has 1 aromatic rings. The summed E-state index contributed by atoms with van der Waals surface area (Å²) in [6, 6.07) is 7.48. The van der Waals surface area contributed by atoms with Crippen molar-refractivity contribution in [2.24, 2.45) is 0 Å². The van der Waals surface area contributed by atoms with E-state index < -0.39 is 16.9 Å². The third kappa shape index (κ3) is 3.80. The second-order valence-electron chi connectivity index (χ2n) is 7.78. The van der Waals surface area contributed by atoms with E-state index in [4.69, 9.17) is 4.74 Å². The minimum Gasteiger partial charge on any atom is -0.450 e. The van der Waals surface area contributed by atoms with E-state index in [1.165, 1.54) is 30.2 Å². The predicted octanol–water partition coefficient (Wildman–Crippen LogP) is 3.55. The normalized spacial score (nSPS) is 23.8. The van der Waals surface area contributed by atoms with E-state index in [0.29, 0.717) is 19.4 Å². The first-order valence-corrected chi connectivity index (χ1v) is 11.1. The number of para-hydroxylation sites is 1. The molecule has 0 radical (unpaired) electrons. The molecule has 1 fully saturated rings. The van der Waals surface area contributed by atoms with Crippen molar-refractivity contribution in [2.45, 2.75) is 67.7 Å². The van der Waals surface area contributed by atoms with Crippen LogP contribution in [0.3, 0.4) is 0 Å². The molecule has 2 unspecified atom stereocenters. The smallest absolute Gasteiger partial charge is 0.344 e. The van der Waals surface area contributed by atoms with E-state index in [2.05, 4.69) is 11.4 Å². The first-order valence-electron chi connectivity index (χ1n) is 10.3. The molecule has 2 aliphatic heterocycles. The van der Waals surface area contributed by atoms with Gasteiger partial charge in [-0.3, -0.25) is 14.5 Å². The van der Waals surface area contributed by atoms with Gasteiger partial charge in [0.25, 0.3) is 5.91 Å². The fourth-order valence-electron chi connectivity index (χ4n) is 4.20. The van der Waals surface area contributed by atoms with Crippen LogP contribution in [-0.4, -0.2) is 35.3 Å². The van der Waals surface area contributed by atoms with Crippen LogP contribution in [0.5, 0.6) is 0 Å². The molecule has 0 spiro atoms. The SMILES string of the molecule is CC(OC(=O)C12CCC(=O)N1c1ccccc1S2)C(=O)NCCC1=CCCCC1. The van der Waals surface area contributed by atoms with Crippen LogP contribution < -0.4 is 10.2 Å². The summed E-state index contributed by atoms with van der Waals surface area (Å²) >= 11 is 1.35. The highest BCUT2D eigenvalue weighted by atomic mass is 32.2. The second kappa shape index (κ2) is 8.22. The van der Waals surface area contributed by atoms with Crippen molar-refractivity contribution in [1.82, 2.24) is 5.32 Å². The van der Waals surface area contributed by atoms with Crippen LogP contribution in [0, 0.1) is 0 Å². The van der Waals surface area contributed by atoms with E-state index in [-0.39, 0.29) is 11.8 Å². The summed E-state index contributed by atoms with van der Waals surface area (Å²) in [6.07, 6.45) is 7.55. The Hall–Kier alpha value is -2.28. The number of hydrogen-bond donors (Lipinski definition) is 1. The molecule has 2 amide bonds. The van der Waals surface area contributed by atoms with E-state index >= 15 is 0 Å². The lowest BCUT2D eigenvalue weighted by molar-refractivity contribution is -0.157. The number of carbonyl (C=O) groups excluding carboxylic acids is 3. The number of thioether (sulfide) groups is 1. The number of anilines is 1. The van der Waals surface area contributed by atoms with Gasteiger partial charge in [-0.05, 0) is 51.2 Å². The van der Waals surface area contributed by atoms with Crippen LogP contribution in [0.2, 0.25) is 0 Å². The lowest BCUT2D eigenvalue weighted by Gasteiger charge is -2.29. The molecule has 6 nitrogen and oxygen atoms in total. The summed E-state index contributed by atoms with van der Waals surface area (Å²) in [5.74, 6) is -0.915. The number of allylic oxidation sites excluding steroid dienone is 1. The van der Waals surface area contributed by atoms with Crippen molar-refractivity contribution >= 4 is 35.2 Å². The van der Waals surface area contributed by atoms with Crippen LogP contribution in [0.4, 0.5) is 5.69 Å². The van der Waals surface area contributed by atoms with Gasteiger partial charge < -0.3 is 10.1 Å². The Morgan fingerprint density at radius 1 is 1.28 bits per heavy atom. The summed E-state index contributed by atoms with van der Waals surface area (Å²) in [5, 5.41) is 2.86. The largest absolute Gasteiger partial charge is 0.450 e. The molecule has 154 valence electrons. The maximum atomic E-state index is 13.1. The van der Waals surface area contributed by atoms with E-state index in [1.54, 1.807) is 11.8 Å². The Balaban J connectivity index is 1.36. The van der Waals surface area contributed by atoms with Gasteiger partial charge in [-0.2, -0.15) is 0 Å². The monoisotopic (exact) mass is 414 g/mol. The van der Waals surface area contributed by atoms with Crippen molar-refractivity contribution in [2.75, 3.05) is 11.4 Å². The Morgan fingerprint density at radius 3 is 2.90 bits per heavy atom. The van der Waals surface area contributed by atoms with Crippen molar-refractivity contribution in [3.63, 3.8) is 0 Å². The predicted molar refractivity (Wildman–Crippen MR) is 111 cm³/mol. The fourth-order valence-corrected chi connectivity index (χ4v) is 5.60. The highest BCUT2D eigenvalue weighted by Crippen LogP contribution is 2.56. The number of nitrogens with zero attached hydrogens (tertiary/aromatic N) is 1. The molecule has 1 aromatic carbocycles. The molecular weight excluding hydrogens is 388 g/mol. The maximum absolute atomic E-state index is 13.1. The van der Waals surface area contributed by atoms with Crippen LogP contribution in [-0.2, 0) is 19.1 Å². The summed E-state index contributed by atoms with van der Waals surface area (Å²) in [7, 11) is 0. The van der Waals surface area contributed by atoms with Gasteiger partial charge in [-0.1, -0.05) is 35.5 Å². The van der Waals surface area contributed by atoms with Gasteiger partial charge >= 0.3 is 5.97 Å². The number of esters is 1. The number of hydrogen-bond acceptors (Lipinski definition) is 5. The first-order chi connectivity index (χ1) is 14.0. The molecule has 0 aromatic heterocycles. The highest BCUT2D eigenvalue weighted by Gasteiger charge is 2.58. The number of nitrogens with one attached hydrogen (secondary N) is 1. The highest BCUT2D eigenvalue weighted by molar-refractivity contribution is 8.02. The Bertz CT molecular complexity index is 868. The van der Waals surface area contributed by atoms with Gasteiger partial charge in [0, 0.05) is 24.3 Å². The van der Waals surface area contributed by atoms with Gasteiger partial charge in [0.05, 0.1) is 5.69 Å². The lowest BCUT2D eigenvalue weighted by Crippen LogP contribution is -2.50. The first kappa shape index (κ1) is 20.0. The Labute approximate surface area is 175 Å². The van der Waals surface area contributed by atoms with Crippen molar-refractivity contribution in [1.29, 1.82) is 0 Å². The molecule has 2 atom stereocenters. The zero-order valence-corrected chi connectivity index (χ0v) is 17.4. The minimum atomic E-state index is -1.10. The Kier molecular flexibility index (Phi) is 5.67. The summed E-state index contributed by atoms with van der Waals surface area (Å²) in [6.45, 7) is 2.13. The van der Waals surface area contributed by atoms with E-state index in [0.717, 1.165) is 29.8 Å². The molecule has 7 heteroatoms. The van der Waals surface area contributed by atoms with Crippen molar-refractivity contribution < 1.29 is 19.1 Å². The zero-order valence-electron chi connectivity index (χ0n) is 16.6. The third-order valence-corrected chi connectivity index (χ3v) is 7.23. The average molecular weight is 415 g/mol. The maximum Gasteiger partial charge on any atom is 0.344 e. The van der Waals surface area contributed by atoms with Gasteiger partial charge in [0.15, 0.2) is 11.0 Å². The fraction of sp³-hybridized carbons (Fsp3) is 0.500. The minimum absolute atomic E-state index is 0.0859. The third-order valence-electron chi connectivity index (χ3n) is 5.78. The average Bonchev–Trinajstić information content (AvgIpc) is 3.24. The second-order valence-corrected chi connectivity index (χ2v) is 9.10. The van der Waals surface area contributed by atoms with Gasteiger partial charge in [0.2, 0.25) is 5.91 Å². The summed E-state index contributed by atoms with van der Waals surface area (Å²) < 4.78 is 5.54. The molecule has 3 aliphatic rings. The topological polar surface area (TPSA) is 75.7 Å². The quantitative estimate of drug-likeness (QED) is 0.569.